The number of aliphatic hydroxyl groups is 1. The van der Waals surface area contributed by atoms with Gasteiger partial charge < -0.3 is 5.11 Å². The Hall–Kier alpha value is -1.74. The number of halogens is 1. The first kappa shape index (κ1) is 16.1. The van der Waals surface area contributed by atoms with Crippen LogP contribution in [-0.4, -0.2) is 5.11 Å². The van der Waals surface area contributed by atoms with Gasteiger partial charge in [0, 0.05) is 9.92 Å². The van der Waals surface area contributed by atoms with Gasteiger partial charge in [0.25, 0.3) is 0 Å². The van der Waals surface area contributed by atoms with Crippen LogP contribution in [0, 0.1) is 0 Å². The second-order valence-corrected chi connectivity index (χ2v) is 6.91. The average Bonchev–Trinajstić information content (AvgIpc) is 2.61. The Bertz CT molecular complexity index is 746. The molecule has 0 fully saturated rings. The molecule has 0 saturated heterocycles. The third-order valence-corrected chi connectivity index (χ3v) is 5.16. The van der Waals surface area contributed by atoms with Gasteiger partial charge in [0.1, 0.15) is 0 Å². The zero-order valence-electron chi connectivity index (χ0n) is 12.5. The molecule has 0 amide bonds. The van der Waals surface area contributed by atoms with Gasteiger partial charge in [0.2, 0.25) is 0 Å². The smallest absolute Gasteiger partial charge is 0.0952 e. The molecule has 0 aromatic heterocycles. The fourth-order valence-corrected chi connectivity index (χ4v) is 3.95. The van der Waals surface area contributed by atoms with Crippen LogP contribution < -0.4 is 0 Å². The minimum Gasteiger partial charge on any atom is -0.387 e. The van der Waals surface area contributed by atoms with Gasteiger partial charge in [-0.1, -0.05) is 78.3 Å². The summed E-state index contributed by atoms with van der Waals surface area (Å²) in [6.07, 6.45) is -0.595. The summed E-state index contributed by atoms with van der Waals surface area (Å²) < 4.78 is 0. The summed E-state index contributed by atoms with van der Waals surface area (Å²) >= 11 is 7.72. The SMILES string of the molecule is O[C@@H](c1ccccc1)[C@H](Sc1cccc(Cl)c1)c1ccccc1. The average molecular weight is 341 g/mol. The number of rotatable bonds is 5. The maximum Gasteiger partial charge on any atom is 0.0952 e. The molecule has 0 unspecified atom stereocenters. The highest BCUT2D eigenvalue weighted by molar-refractivity contribution is 7.99. The Morgan fingerprint density at radius 3 is 1.96 bits per heavy atom. The second-order valence-electron chi connectivity index (χ2n) is 5.26. The van der Waals surface area contributed by atoms with Crippen molar-refractivity contribution in [1.82, 2.24) is 0 Å². The number of benzene rings is 3. The fourth-order valence-electron chi connectivity index (χ4n) is 2.47. The molecule has 1 nitrogen and oxygen atoms in total. The highest BCUT2D eigenvalue weighted by Crippen LogP contribution is 2.44. The van der Waals surface area contributed by atoms with Crippen molar-refractivity contribution in [3.05, 3.63) is 101 Å². The van der Waals surface area contributed by atoms with E-state index < -0.39 is 6.10 Å². The Balaban J connectivity index is 1.94. The molecule has 116 valence electrons. The summed E-state index contributed by atoms with van der Waals surface area (Å²) in [5, 5.41) is 11.5. The Morgan fingerprint density at radius 1 is 0.739 bits per heavy atom. The quantitative estimate of drug-likeness (QED) is 0.583. The minimum absolute atomic E-state index is 0.0999. The molecule has 3 heteroatoms. The molecule has 0 radical (unpaired) electrons. The molecule has 3 rings (SSSR count). The van der Waals surface area contributed by atoms with Crippen LogP contribution in [0.2, 0.25) is 5.02 Å². The lowest BCUT2D eigenvalue weighted by atomic mass is 10.0. The fraction of sp³-hybridized carbons (Fsp3) is 0.100. The van der Waals surface area contributed by atoms with Crippen molar-refractivity contribution < 1.29 is 5.11 Å². The summed E-state index contributed by atoms with van der Waals surface area (Å²) in [4.78, 5) is 1.04. The minimum atomic E-state index is -0.595. The first-order valence-electron chi connectivity index (χ1n) is 7.44. The zero-order valence-corrected chi connectivity index (χ0v) is 14.0. The van der Waals surface area contributed by atoms with Crippen molar-refractivity contribution >= 4 is 23.4 Å². The molecule has 0 aliphatic rings. The van der Waals surface area contributed by atoms with E-state index in [2.05, 4.69) is 0 Å². The van der Waals surface area contributed by atoms with Gasteiger partial charge >= 0.3 is 0 Å². The standard InChI is InChI=1S/C20H17ClOS/c21-17-12-7-13-18(14-17)23-20(16-10-5-2-6-11-16)19(22)15-8-3-1-4-9-15/h1-14,19-20,22H/t19-,20+/m0/s1. The highest BCUT2D eigenvalue weighted by atomic mass is 35.5. The predicted molar refractivity (Wildman–Crippen MR) is 97.9 cm³/mol. The topological polar surface area (TPSA) is 20.2 Å². The van der Waals surface area contributed by atoms with Gasteiger partial charge in [0.15, 0.2) is 0 Å². The monoisotopic (exact) mass is 340 g/mol. The number of aliphatic hydroxyl groups excluding tert-OH is 1. The molecule has 1 N–H and O–H groups in total. The number of thioether (sulfide) groups is 1. The molecule has 2 atom stereocenters. The lowest BCUT2D eigenvalue weighted by molar-refractivity contribution is 0.175. The van der Waals surface area contributed by atoms with E-state index in [-0.39, 0.29) is 5.25 Å². The van der Waals surface area contributed by atoms with Crippen LogP contribution in [-0.2, 0) is 0 Å². The van der Waals surface area contributed by atoms with Crippen LogP contribution in [0.1, 0.15) is 22.5 Å². The van der Waals surface area contributed by atoms with Crippen LogP contribution in [0.15, 0.2) is 89.8 Å². The lowest BCUT2D eigenvalue weighted by Crippen LogP contribution is -2.08. The molecule has 0 spiro atoms. The van der Waals surface area contributed by atoms with Crippen molar-refractivity contribution in [3.8, 4) is 0 Å². The van der Waals surface area contributed by atoms with E-state index >= 15 is 0 Å². The Morgan fingerprint density at radius 2 is 1.35 bits per heavy atom. The summed E-state index contributed by atoms with van der Waals surface area (Å²) in [6, 6.07) is 27.6. The van der Waals surface area contributed by atoms with Gasteiger partial charge in [-0.2, -0.15) is 0 Å². The summed E-state index contributed by atoms with van der Waals surface area (Å²) in [6.45, 7) is 0. The zero-order chi connectivity index (χ0) is 16.1. The highest BCUT2D eigenvalue weighted by Gasteiger charge is 2.23. The largest absolute Gasteiger partial charge is 0.387 e. The molecular weight excluding hydrogens is 324 g/mol. The molecule has 0 aliphatic heterocycles. The first-order valence-corrected chi connectivity index (χ1v) is 8.70. The van der Waals surface area contributed by atoms with Gasteiger partial charge in [-0.15, -0.1) is 11.8 Å². The van der Waals surface area contributed by atoms with E-state index in [1.807, 2.05) is 84.9 Å². The van der Waals surface area contributed by atoms with Crippen molar-refractivity contribution in [1.29, 1.82) is 0 Å². The lowest BCUT2D eigenvalue weighted by Gasteiger charge is -2.23. The van der Waals surface area contributed by atoms with E-state index in [1.165, 1.54) is 0 Å². The number of hydrogen-bond donors (Lipinski definition) is 1. The van der Waals surface area contributed by atoms with Crippen LogP contribution >= 0.6 is 23.4 Å². The molecule has 0 aliphatic carbocycles. The van der Waals surface area contributed by atoms with Gasteiger partial charge in [-0.05, 0) is 29.3 Å². The van der Waals surface area contributed by atoms with Crippen LogP contribution in [0.4, 0.5) is 0 Å². The molecule has 3 aromatic carbocycles. The molecule has 0 heterocycles. The van der Waals surface area contributed by atoms with E-state index in [9.17, 15) is 5.11 Å². The molecule has 23 heavy (non-hydrogen) atoms. The van der Waals surface area contributed by atoms with Crippen molar-refractivity contribution in [2.24, 2.45) is 0 Å². The van der Waals surface area contributed by atoms with Crippen molar-refractivity contribution in [3.63, 3.8) is 0 Å². The third kappa shape index (κ3) is 4.17. The van der Waals surface area contributed by atoms with E-state index in [0.29, 0.717) is 5.02 Å². The molecule has 3 aromatic rings. The maximum absolute atomic E-state index is 10.9. The van der Waals surface area contributed by atoms with Gasteiger partial charge in [-0.25, -0.2) is 0 Å². The Labute approximate surface area is 145 Å². The molecule has 0 saturated carbocycles. The van der Waals surface area contributed by atoms with E-state index in [0.717, 1.165) is 16.0 Å². The van der Waals surface area contributed by atoms with Crippen molar-refractivity contribution in [2.75, 3.05) is 0 Å². The number of hydrogen-bond acceptors (Lipinski definition) is 2. The second kappa shape index (κ2) is 7.69. The maximum atomic E-state index is 10.9. The molecular formula is C20H17ClOS. The van der Waals surface area contributed by atoms with E-state index in [1.54, 1.807) is 11.8 Å². The summed E-state index contributed by atoms with van der Waals surface area (Å²) in [7, 11) is 0. The van der Waals surface area contributed by atoms with Gasteiger partial charge in [0.05, 0.1) is 11.4 Å². The Kier molecular flexibility index (Phi) is 5.39. The third-order valence-electron chi connectivity index (χ3n) is 3.62. The summed E-state index contributed by atoms with van der Waals surface area (Å²) in [5.41, 5.74) is 2.00. The van der Waals surface area contributed by atoms with E-state index in [4.69, 9.17) is 11.6 Å². The normalized spacial score (nSPS) is 13.5. The van der Waals surface area contributed by atoms with Crippen LogP contribution in [0.5, 0.6) is 0 Å². The van der Waals surface area contributed by atoms with Crippen LogP contribution in [0.3, 0.4) is 0 Å². The summed E-state index contributed by atoms with van der Waals surface area (Å²) in [5.74, 6) is 0. The molecule has 0 bridgehead atoms. The predicted octanol–water partition coefficient (Wildman–Crippen LogP) is 5.91. The van der Waals surface area contributed by atoms with Crippen molar-refractivity contribution in [2.45, 2.75) is 16.2 Å². The van der Waals surface area contributed by atoms with Gasteiger partial charge in [-0.3, -0.25) is 0 Å². The van der Waals surface area contributed by atoms with Crippen LogP contribution in [0.25, 0.3) is 0 Å². The first-order chi connectivity index (χ1) is 11.2.